The molecule has 8 heteroatoms. The molecule has 112 valence electrons. The fraction of sp³-hybridized carbons (Fsp3) is 0.385. The van der Waals surface area contributed by atoms with Crippen molar-refractivity contribution in [1.82, 2.24) is 10.2 Å². The van der Waals surface area contributed by atoms with Gasteiger partial charge in [-0.15, -0.1) is 0 Å². The van der Waals surface area contributed by atoms with E-state index in [1.807, 2.05) is 0 Å². The summed E-state index contributed by atoms with van der Waals surface area (Å²) in [7, 11) is 0. The number of aromatic amines is 1. The number of ether oxygens (including phenoxy) is 1. The predicted molar refractivity (Wildman–Crippen MR) is 68.7 cm³/mol. The number of carbonyl (C=O) groups excluding carboxylic acids is 1. The summed E-state index contributed by atoms with van der Waals surface area (Å²) < 4.78 is 43.4. The van der Waals surface area contributed by atoms with Gasteiger partial charge in [-0.2, -0.15) is 18.3 Å². The molecule has 1 aliphatic heterocycles. The second-order valence-corrected chi connectivity index (χ2v) is 4.82. The fourth-order valence-corrected chi connectivity index (χ4v) is 2.27. The number of carbonyl (C=O) groups is 1. The van der Waals surface area contributed by atoms with Crippen molar-refractivity contribution < 1.29 is 22.7 Å². The molecule has 1 atom stereocenters. The van der Waals surface area contributed by atoms with Gasteiger partial charge in [0.15, 0.2) is 5.82 Å². The molecule has 0 spiro atoms. The van der Waals surface area contributed by atoms with Gasteiger partial charge < -0.3 is 10.1 Å². The van der Waals surface area contributed by atoms with Crippen LogP contribution in [0.25, 0.3) is 10.9 Å². The number of benzene rings is 1. The lowest BCUT2D eigenvalue weighted by Gasteiger charge is -2.09. The van der Waals surface area contributed by atoms with Crippen LogP contribution in [-0.4, -0.2) is 28.8 Å². The molecule has 21 heavy (non-hydrogen) atoms. The third-order valence-electron chi connectivity index (χ3n) is 3.35. The zero-order valence-electron chi connectivity index (χ0n) is 10.8. The highest BCUT2D eigenvalue weighted by molar-refractivity contribution is 6.01. The molecule has 1 fully saturated rings. The molecular formula is C13H12F3N3O2. The third kappa shape index (κ3) is 2.71. The van der Waals surface area contributed by atoms with Crippen molar-refractivity contribution in [2.45, 2.75) is 25.1 Å². The number of alkyl halides is 3. The van der Waals surface area contributed by atoms with Gasteiger partial charge in [0.05, 0.1) is 11.1 Å². The van der Waals surface area contributed by atoms with E-state index >= 15 is 0 Å². The molecule has 0 radical (unpaired) electrons. The zero-order chi connectivity index (χ0) is 15.0. The number of nitrogens with one attached hydrogen (secondary N) is 2. The minimum Gasteiger partial charge on any atom is -0.368 e. The average molecular weight is 299 g/mol. The van der Waals surface area contributed by atoms with Crippen molar-refractivity contribution >= 4 is 22.6 Å². The number of hydrogen-bond donors (Lipinski definition) is 2. The predicted octanol–water partition coefficient (Wildman–Crippen LogP) is 2.70. The number of fused-ring (bicyclic) bond motifs is 1. The zero-order valence-corrected chi connectivity index (χ0v) is 10.8. The van der Waals surface area contributed by atoms with Gasteiger partial charge in [-0.3, -0.25) is 9.89 Å². The van der Waals surface area contributed by atoms with Crippen LogP contribution in [0, 0.1) is 0 Å². The maximum Gasteiger partial charge on any atom is 0.416 e. The van der Waals surface area contributed by atoms with E-state index in [2.05, 4.69) is 15.5 Å². The Morgan fingerprint density at radius 3 is 2.90 bits per heavy atom. The van der Waals surface area contributed by atoms with E-state index in [4.69, 9.17) is 4.74 Å². The van der Waals surface area contributed by atoms with Crippen molar-refractivity contribution in [1.29, 1.82) is 0 Å². The van der Waals surface area contributed by atoms with E-state index in [1.165, 1.54) is 6.07 Å². The fourth-order valence-electron chi connectivity index (χ4n) is 2.27. The molecule has 2 aromatic rings. The van der Waals surface area contributed by atoms with Crippen LogP contribution in [0.1, 0.15) is 18.4 Å². The first-order valence-corrected chi connectivity index (χ1v) is 6.43. The van der Waals surface area contributed by atoms with Crippen LogP contribution in [0.4, 0.5) is 19.0 Å². The van der Waals surface area contributed by atoms with Crippen molar-refractivity contribution in [3.63, 3.8) is 0 Å². The lowest BCUT2D eigenvalue weighted by atomic mass is 10.1. The topological polar surface area (TPSA) is 67.0 Å². The Bertz CT molecular complexity index is 675. The largest absolute Gasteiger partial charge is 0.416 e. The maximum absolute atomic E-state index is 12.7. The number of H-pyrrole nitrogens is 1. The lowest BCUT2D eigenvalue weighted by Crippen LogP contribution is -2.27. The van der Waals surface area contributed by atoms with E-state index in [9.17, 15) is 18.0 Å². The van der Waals surface area contributed by atoms with Crippen molar-refractivity contribution in [2.24, 2.45) is 0 Å². The van der Waals surface area contributed by atoms with E-state index in [-0.39, 0.29) is 11.2 Å². The van der Waals surface area contributed by atoms with Gasteiger partial charge in [0, 0.05) is 12.0 Å². The second-order valence-electron chi connectivity index (χ2n) is 4.82. The standard InChI is InChI=1S/C13H12F3N3O2/c14-13(15,16)7-3-4-9-8(6-7)11(19-18-9)17-12(20)10-2-1-5-21-10/h3-4,6,10H,1-2,5H2,(H2,17,18,19,20)/t10-/m1/s1. The van der Waals surface area contributed by atoms with Crippen LogP contribution < -0.4 is 5.32 Å². The Labute approximate surface area is 117 Å². The van der Waals surface area contributed by atoms with E-state index < -0.39 is 23.8 Å². The van der Waals surface area contributed by atoms with Gasteiger partial charge in [0.25, 0.3) is 5.91 Å². The summed E-state index contributed by atoms with van der Waals surface area (Å²) in [6.07, 6.45) is -3.62. The number of aromatic nitrogens is 2. The van der Waals surface area contributed by atoms with Gasteiger partial charge in [-0.1, -0.05) is 0 Å². The molecule has 3 rings (SSSR count). The number of anilines is 1. The highest BCUT2D eigenvalue weighted by atomic mass is 19.4. The molecule has 2 N–H and O–H groups in total. The van der Waals surface area contributed by atoms with E-state index in [1.54, 1.807) is 0 Å². The normalized spacial score (nSPS) is 19.1. The summed E-state index contributed by atoms with van der Waals surface area (Å²) >= 11 is 0. The molecule has 1 aliphatic rings. The van der Waals surface area contributed by atoms with Crippen molar-refractivity contribution in [2.75, 3.05) is 11.9 Å². The summed E-state index contributed by atoms with van der Waals surface area (Å²) in [5.41, 5.74) is -0.366. The van der Waals surface area contributed by atoms with Crippen LogP contribution in [-0.2, 0) is 15.7 Å². The molecule has 0 bridgehead atoms. The highest BCUT2D eigenvalue weighted by Crippen LogP contribution is 2.33. The Kier molecular flexibility index (Phi) is 3.32. The lowest BCUT2D eigenvalue weighted by molar-refractivity contribution is -0.137. The van der Waals surface area contributed by atoms with Gasteiger partial charge in [0.2, 0.25) is 0 Å². The second kappa shape index (κ2) is 5.03. The van der Waals surface area contributed by atoms with Crippen molar-refractivity contribution in [3.05, 3.63) is 23.8 Å². The SMILES string of the molecule is O=C(Nc1n[nH]c2ccc(C(F)(F)F)cc12)[C@H]1CCCO1. The molecule has 1 amide bonds. The smallest absolute Gasteiger partial charge is 0.368 e. The van der Waals surface area contributed by atoms with Crippen molar-refractivity contribution in [3.8, 4) is 0 Å². The van der Waals surface area contributed by atoms with Crippen LogP contribution in [0.5, 0.6) is 0 Å². The summed E-state index contributed by atoms with van der Waals surface area (Å²) in [6, 6.07) is 3.21. The molecule has 0 saturated carbocycles. The Hall–Kier alpha value is -2.09. The van der Waals surface area contributed by atoms with E-state index in [0.29, 0.717) is 18.5 Å². The molecule has 5 nitrogen and oxygen atoms in total. The van der Waals surface area contributed by atoms with Gasteiger partial charge >= 0.3 is 6.18 Å². The van der Waals surface area contributed by atoms with Crippen LogP contribution in [0.3, 0.4) is 0 Å². The molecular weight excluding hydrogens is 287 g/mol. The number of rotatable bonds is 2. The summed E-state index contributed by atoms with van der Waals surface area (Å²) in [5, 5.41) is 9.17. The van der Waals surface area contributed by atoms with Crippen LogP contribution in [0.2, 0.25) is 0 Å². The number of hydrogen-bond acceptors (Lipinski definition) is 3. The summed E-state index contributed by atoms with van der Waals surface area (Å²) in [4.78, 5) is 11.9. The minimum absolute atomic E-state index is 0.0802. The third-order valence-corrected chi connectivity index (χ3v) is 3.35. The molecule has 0 aliphatic carbocycles. The molecule has 1 aromatic carbocycles. The number of amides is 1. The minimum atomic E-state index is -4.44. The number of halogens is 3. The Morgan fingerprint density at radius 1 is 1.43 bits per heavy atom. The summed E-state index contributed by atoms with van der Waals surface area (Å²) in [5.74, 6) is -0.310. The van der Waals surface area contributed by atoms with Crippen LogP contribution in [0.15, 0.2) is 18.2 Å². The van der Waals surface area contributed by atoms with Gasteiger partial charge in [-0.25, -0.2) is 0 Å². The van der Waals surface area contributed by atoms with Gasteiger partial charge in [-0.05, 0) is 31.0 Å². The molecule has 0 unspecified atom stereocenters. The molecule has 2 heterocycles. The molecule has 1 saturated heterocycles. The van der Waals surface area contributed by atoms with Gasteiger partial charge in [0.1, 0.15) is 6.10 Å². The number of nitrogens with zero attached hydrogens (tertiary/aromatic N) is 1. The first-order chi connectivity index (χ1) is 9.95. The average Bonchev–Trinajstić information content (AvgIpc) is 3.07. The first-order valence-electron chi connectivity index (χ1n) is 6.43. The maximum atomic E-state index is 12.7. The first kappa shape index (κ1) is 13.9. The monoisotopic (exact) mass is 299 g/mol. The Balaban J connectivity index is 1.89. The molecule has 1 aromatic heterocycles. The summed E-state index contributed by atoms with van der Waals surface area (Å²) in [6.45, 7) is 0.512. The highest BCUT2D eigenvalue weighted by Gasteiger charge is 2.31. The van der Waals surface area contributed by atoms with Crippen LogP contribution >= 0.6 is 0 Å². The Morgan fingerprint density at radius 2 is 2.24 bits per heavy atom. The van der Waals surface area contributed by atoms with E-state index in [0.717, 1.165) is 18.6 Å². The quantitative estimate of drug-likeness (QED) is 0.896.